The van der Waals surface area contributed by atoms with Gasteiger partial charge >= 0.3 is 6.03 Å². The molecule has 1 atom stereocenters. The van der Waals surface area contributed by atoms with Crippen molar-refractivity contribution in [1.29, 1.82) is 0 Å². The van der Waals surface area contributed by atoms with E-state index in [4.69, 9.17) is 0 Å². The fourth-order valence-electron chi connectivity index (χ4n) is 2.46. The SMILES string of the molecule is CC(C)c1ccc(NC(=O)CNC(=O)NC2CCS(=O)(=O)C2)cc1. The van der Waals surface area contributed by atoms with E-state index in [0.717, 1.165) is 0 Å². The molecule has 1 aliphatic heterocycles. The maximum absolute atomic E-state index is 11.8. The molecule has 132 valence electrons. The second kappa shape index (κ2) is 7.65. The number of nitrogens with one attached hydrogen (secondary N) is 3. The molecule has 1 aromatic rings. The number of hydrogen-bond donors (Lipinski definition) is 3. The van der Waals surface area contributed by atoms with Crippen LogP contribution in [0.15, 0.2) is 24.3 Å². The van der Waals surface area contributed by atoms with E-state index in [0.29, 0.717) is 18.0 Å². The number of carbonyl (C=O) groups excluding carboxylic acids is 2. The number of sulfone groups is 1. The van der Waals surface area contributed by atoms with Gasteiger partial charge in [-0.3, -0.25) is 4.79 Å². The van der Waals surface area contributed by atoms with E-state index in [1.54, 1.807) is 0 Å². The Balaban J connectivity index is 1.73. The molecule has 1 heterocycles. The van der Waals surface area contributed by atoms with Gasteiger partial charge in [0.25, 0.3) is 0 Å². The van der Waals surface area contributed by atoms with E-state index in [1.165, 1.54) is 5.56 Å². The number of hydrogen-bond acceptors (Lipinski definition) is 4. The summed E-state index contributed by atoms with van der Waals surface area (Å²) < 4.78 is 22.6. The molecule has 1 aromatic carbocycles. The zero-order valence-electron chi connectivity index (χ0n) is 13.8. The summed E-state index contributed by atoms with van der Waals surface area (Å²) in [6.45, 7) is 3.99. The highest BCUT2D eigenvalue weighted by Gasteiger charge is 2.28. The third-order valence-electron chi connectivity index (χ3n) is 3.84. The third kappa shape index (κ3) is 5.52. The highest BCUT2D eigenvalue weighted by Crippen LogP contribution is 2.17. The van der Waals surface area contributed by atoms with Gasteiger partial charge in [-0.25, -0.2) is 13.2 Å². The molecule has 1 saturated heterocycles. The van der Waals surface area contributed by atoms with Crippen molar-refractivity contribution in [2.24, 2.45) is 0 Å². The molecule has 0 spiro atoms. The number of carbonyl (C=O) groups is 2. The molecule has 0 saturated carbocycles. The van der Waals surface area contributed by atoms with E-state index >= 15 is 0 Å². The molecule has 0 radical (unpaired) electrons. The Hall–Kier alpha value is -2.09. The summed E-state index contributed by atoms with van der Waals surface area (Å²) in [5.74, 6) is 0.112. The van der Waals surface area contributed by atoms with Gasteiger partial charge in [0.05, 0.1) is 18.1 Å². The van der Waals surface area contributed by atoms with Gasteiger partial charge in [0.15, 0.2) is 9.84 Å². The minimum atomic E-state index is -3.04. The molecule has 24 heavy (non-hydrogen) atoms. The first kappa shape index (κ1) is 18.3. The normalized spacial score (nSPS) is 19.0. The minimum absolute atomic E-state index is 0.0468. The van der Waals surface area contributed by atoms with Crippen LogP contribution in [0.5, 0.6) is 0 Å². The number of urea groups is 1. The smallest absolute Gasteiger partial charge is 0.315 e. The predicted molar refractivity (Wildman–Crippen MR) is 92.8 cm³/mol. The number of rotatable bonds is 5. The number of benzene rings is 1. The maximum Gasteiger partial charge on any atom is 0.315 e. The fraction of sp³-hybridized carbons (Fsp3) is 0.500. The zero-order chi connectivity index (χ0) is 17.7. The Morgan fingerprint density at radius 1 is 1.21 bits per heavy atom. The molecule has 8 heteroatoms. The molecule has 3 amide bonds. The van der Waals surface area contributed by atoms with E-state index in [-0.39, 0.29) is 30.0 Å². The van der Waals surface area contributed by atoms with E-state index < -0.39 is 15.9 Å². The third-order valence-corrected chi connectivity index (χ3v) is 5.61. The summed E-state index contributed by atoms with van der Waals surface area (Å²) in [6, 6.07) is 6.60. The zero-order valence-corrected chi connectivity index (χ0v) is 14.7. The average molecular weight is 353 g/mol. The van der Waals surface area contributed by atoms with E-state index in [1.807, 2.05) is 24.3 Å². The second-order valence-corrected chi connectivity index (χ2v) is 8.48. The Morgan fingerprint density at radius 3 is 2.42 bits per heavy atom. The van der Waals surface area contributed by atoms with Gasteiger partial charge in [-0.1, -0.05) is 26.0 Å². The van der Waals surface area contributed by atoms with Crippen molar-refractivity contribution in [3.8, 4) is 0 Å². The monoisotopic (exact) mass is 353 g/mol. The number of amides is 3. The van der Waals surface area contributed by atoms with Crippen LogP contribution < -0.4 is 16.0 Å². The van der Waals surface area contributed by atoms with E-state index in [2.05, 4.69) is 29.8 Å². The van der Waals surface area contributed by atoms with Crippen LogP contribution in [0.4, 0.5) is 10.5 Å². The lowest BCUT2D eigenvalue weighted by Crippen LogP contribution is -2.45. The molecular weight excluding hydrogens is 330 g/mol. The summed E-state index contributed by atoms with van der Waals surface area (Å²) in [7, 11) is -3.04. The quantitative estimate of drug-likeness (QED) is 0.740. The van der Waals surface area contributed by atoms with Crippen molar-refractivity contribution < 1.29 is 18.0 Å². The molecule has 2 rings (SSSR count). The van der Waals surface area contributed by atoms with Crippen molar-refractivity contribution in [2.75, 3.05) is 23.4 Å². The largest absolute Gasteiger partial charge is 0.334 e. The van der Waals surface area contributed by atoms with Gasteiger partial charge in [0.2, 0.25) is 5.91 Å². The summed E-state index contributed by atoms with van der Waals surface area (Å²) in [4.78, 5) is 23.5. The molecule has 0 aliphatic carbocycles. The molecule has 3 N–H and O–H groups in total. The lowest BCUT2D eigenvalue weighted by Gasteiger charge is -2.12. The van der Waals surface area contributed by atoms with Crippen LogP contribution in [-0.2, 0) is 14.6 Å². The van der Waals surface area contributed by atoms with Crippen LogP contribution in [-0.4, -0.2) is 44.4 Å². The van der Waals surface area contributed by atoms with Crippen molar-refractivity contribution in [3.63, 3.8) is 0 Å². The van der Waals surface area contributed by atoms with Crippen molar-refractivity contribution in [2.45, 2.75) is 32.2 Å². The molecule has 1 unspecified atom stereocenters. The topological polar surface area (TPSA) is 104 Å². The van der Waals surface area contributed by atoms with Crippen molar-refractivity contribution >= 4 is 27.5 Å². The van der Waals surface area contributed by atoms with Crippen LogP contribution in [0, 0.1) is 0 Å². The molecular formula is C16H23N3O4S. The summed E-state index contributed by atoms with van der Waals surface area (Å²) in [6.07, 6.45) is 0.407. The van der Waals surface area contributed by atoms with Gasteiger partial charge in [-0.05, 0) is 30.0 Å². The molecule has 0 bridgehead atoms. The maximum atomic E-state index is 11.8. The Kier molecular flexibility index (Phi) is 5.82. The minimum Gasteiger partial charge on any atom is -0.334 e. The van der Waals surface area contributed by atoms with Crippen LogP contribution in [0.1, 0.15) is 31.7 Å². The Bertz CT molecular complexity index is 699. The summed E-state index contributed by atoms with van der Waals surface area (Å²) >= 11 is 0. The standard InChI is InChI=1S/C16H23N3O4S/c1-11(2)12-3-5-13(6-4-12)18-15(20)9-17-16(21)19-14-7-8-24(22,23)10-14/h3-6,11,14H,7-10H2,1-2H3,(H,18,20)(H2,17,19,21). The van der Waals surface area contributed by atoms with Crippen LogP contribution in [0.25, 0.3) is 0 Å². The lowest BCUT2D eigenvalue weighted by atomic mass is 10.0. The van der Waals surface area contributed by atoms with Crippen molar-refractivity contribution in [1.82, 2.24) is 10.6 Å². The van der Waals surface area contributed by atoms with Gasteiger partial charge < -0.3 is 16.0 Å². The second-order valence-electron chi connectivity index (χ2n) is 6.25. The highest BCUT2D eigenvalue weighted by atomic mass is 32.2. The molecule has 7 nitrogen and oxygen atoms in total. The van der Waals surface area contributed by atoms with Crippen LogP contribution >= 0.6 is 0 Å². The van der Waals surface area contributed by atoms with Gasteiger partial charge in [-0.2, -0.15) is 0 Å². The Morgan fingerprint density at radius 2 is 1.88 bits per heavy atom. The summed E-state index contributed by atoms with van der Waals surface area (Å²) in [5.41, 5.74) is 1.84. The lowest BCUT2D eigenvalue weighted by molar-refractivity contribution is -0.115. The van der Waals surface area contributed by atoms with E-state index in [9.17, 15) is 18.0 Å². The highest BCUT2D eigenvalue weighted by molar-refractivity contribution is 7.91. The Labute approximate surface area is 142 Å². The van der Waals surface area contributed by atoms with Gasteiger partial charge in [0, 0.05) is 11.7 Å². The first-order chi connectivity index (χ1) is 11.2. The first-order valence-corrected chi connectivity index (χ1v) is 9.72. The van der Waals surface area contributed by atoms with Crippen molar-refractivity contribution in [3.05, 3.63) is 29.8 Å². The molecule has 1 fully saturated rings. The molecule has 0 aromatic heterocycles. The van der Waals surface area contributed by atoms with Gasteiger partial charge in [-0.15, -0.1) is 0 Å². The van der Waals surface area contributed by atoms with Crippen LogP contribution in [0.2, 0.25) is 0 Å². The first-order valence-electron chi connectivity index (χ1n) is 7.90. The summed E-state index contributed by atoms with van der Waals surface area (Å²) in [5, 5.41) is 7.69. The number of anilines is 1. The van der Waals surface area contributed by atoms with Gasteiger partial charge in [0.1, 0.15) is 0 Å². The predicted octanol–water partition coefficient (Wildman–Crippen LogP) is 1.23. The molecule has 1 aliphatic rings. The fourth-order valence-corrected chi connectivity index (χ4v) is 4.14. The van der Waals surface area contributed by atoms with Crippen LogP contribution in [0.3, 0.4) is 0 Å². The average Bonchev–Trinajstić information content (AvgIpc) is 2.84.